The molecule has 35 heavy (non-hydrogen) atoms. The van der Waals surface area contributed by atoms with Crippen LogP contribution in [-0.2, 0) is 19.3 Å². The molecule has 0 radical (unpaired) electrons. The van der Waals surface area contributed by atoms with Gasteiger partial charge in [0.2, 0.25) is 0 Å². The van der Waals surface area contributed by atoms with Crippen LogP contribution in [0.15, 0.2) is 65.1 Å². The quantitative estimate of drug-likeness (QED) is 0.438. The van der Waals surface area contributed by atoms with Gasteiger partial charge < -0.3 is 14.1 Å². The number of amides is 1. The summed E-state index contributed by atoms with van der Waals surface area (Å²) >= 11 is 0. The van der Waals surface area contributed by atoms with Crippen LogP contribution in [-0.4, -0.2) is 47.7 Å². The van der Waals surface area contributed by atoms with Crippen LogP contribution < -0.4 is 4.74 Å². The third-order valence-electron chi connectivity index (χ3n) is 5.83. The predicted molar refractivity (Wildman–Crippen MR) is 122 cm³/mol. The van der Waals surface area contributed by atoms with Crippen molar-refractivity contribution in [3.63, 3.8) is 0 Å². The number of ether oxygens (including phenoxy) is 1. The van der Waals surface area contributed by atoms with Gasteiger partial charge >= 0.3 is 6.18 Å². The molecule has 184 valence electrons. The largest absolute Gasteiger partial charge is 0.486 e. The minimum atomic E-state index is -4.37. The molecule has 0 N–H and O–H groups in total. The highest BCUT2D eigenvalue weighted by atomic mass is 19.4. The summed E-state index contributed by atoms with van der Waals surface area (Å²) < 4.78 is 50.1. The topological polar surface area (TPSA) is 63.0 Å². The molecule has 0 spiro atoms. The van der Waals surface area contributed by atoms with Crippen molar-refractivity contribution in [1.82, 2.24) is 9.80 Å². The molecule has 1 amide bonds. The van der Waals surface area contributed by atoms with Crippen LogP contribution in [0.25, 0.3) is 0 Å². The van der Waals surface area contributed by atoms with E-state index in [4.69, 9.17) is 9.15 Å². The first-order chi connectivity index (χ1) is 16.7. The molecule has 1 saturated heterocycles. The summed E-state index contributed by atoms with van der Waals surface area (Å²) in [5.74, 6) is 1.02. The van der Waals surface area contributed by atoms with E-state index in [1.165, 1.54) is 19.1 Å². The first-order valence-corrected chi connectivity index (χ1v) is 11.2. The van der Waals surface area contributed by atoms with Gasteiger partial charge in [-0.3, -0.25) is 14.5 Å². The van der Waals surface area contributed by atoms with Gasteiger partial charge in [0.05, 0.1) is 5.56 Å². The van der Waals surface area contributed by atoms with Crippen molar-refractivity contribution in [3.05, 3.63) is 88.9 Å². The average Bonchev–Trinajstić information content (AvgIpc) is 3.32. The van der Waals surface area contributed by atoms with Gasteiger partial charge in [-0.15, -0.1) is 0 Å². The summed E-state index contributed by atoms with van der Waals surface area (Å²) in [6, 6.07) is 15.4. The standard InChI is InChI=1S/C26H25F3N2O4/c1-18(32)20-5-7-22(8-6-20)34-17-23-9-10-24(35-23)25(33)31-13-11-30(12-14-31)16-19-3-2-4-21(15-19)26(27,28)29/h2-10,15H,11-14,16-17H2,1H3. The fourth-order valence-electron chi connectivity index (χ4n) is 3.88. The van der Waals surface area contributed by atoms with E-state index < -0.39 is 11.7 Å². The minimum absolute atomic E-state index is 0.0257. The lowest BCUT2D eigenvalue weighted by atomic mass is 10.1. The van der Waals surface area contributed by atoms with E-state index in [2.05, 4.69) is 0 Å². The number of halogens is 3. The number of alkyl halides is 3. The third kappa shape index (κ3) is 6.30. The van der Waals surface area contributed by atoms with Crippen molar-refractivity contribution in [1.29, 1.82) is 0 Å². The average molecular weight is 486 g/mol. The first kappa shape index (κ1) is 24.5. The van der Waals surface area contributed by atoms with Crippen molar-refractivity contribution in [2.24, 2.45) is 0 Å². The zero-order chi connectivity index (χ0) is 25.0. The molecule has 3 aromatic rings. The fraction of sp³-hybridized carbons (Fsp3) is 0.308. The third-order valence-corrected chi connectivity index (χ3v) is 5.83. The van der Waals surface area contributed by atoms with E-state index >= 15 is 0 Å². The van der Waals surface area contributed by atoms with Crippen LogP contribution in [0.5, 0.6) is 5.75 Å². The molecule has 6 nitrogen and oxygen atoms in total. The molecule has 0 unspecified atom stereocenters. The van der Waals surface area contributed by atoms with E-state index in [1.54, 1.807) is 47.4 Å². The number of piperazine rings is 1. The number of hydrogen-bond acceptors (Lipinski definition) is 5. The Morgan fingerprint density at radius 1 is 0.971 bits per heavy atom. The van der Waals surface area contributed by atoms with Crippen LogP contribution in [0.2, 0.25) is 0 Å². The maximum absolute atomic E-state index is 12.9. The second-order valence-corrected chi connectivity index (χ2v) is 8.40. The summed E-state index contributed by atoms with van der Waals surface area (Å²) in [5, 5.41) is 0. The summed E-state index contributed by atoms with van der Waals surface area (Å²) in [6.07, 6.45) is -4.37. The van der Waals surface area contributed by atoms with Crippen LogP contribution in [0, 0.1) is 0 Å². The zero-order valence-corrected chi connectivity index (χ0v) is 19.2. The molecule has 1 aliphatic heterocycles. The highest BCUT2D eigenvalue weighted by molar-refractivity contribution is 5.94. The minimum Gasteiger partial charge on any atom is -0.486 e. The van der Waals surface area contributed by atoms with Gasteiger partial charge in [0.25, 0.3) is 5.91 Å². The van der Waals surface area contributed by atoms with Crippen molar-refractivity contribution in [3.8, 4) is 5.75 Å². The van der Waals surface area contributed by atoms with Gasteiger partial charge in [-0.2, -0.15) is 13.2 Å². The molecule has 0 saturated carbocycles. The SMILES string of the molecule is CC(=O)c1ccc(OCc2ccc(C(=O)N3CCN(Cc4cccc(C(F)(F)F)c4)CC3)o2)cc1. The lowest BCUT2D eigenvalue weighted by Crippen LogP contribution is -2.48. The Hall–Kier alpha value is -3.59. The summed E-state index contributed by atoms with van der Waals surface area (Å²) in [5.41, 5.74) is 0.527. The molecule has 2 heterocycles. The number of furan rings is 1. The second kappa shape index (κ2) is 10.4. The van der Waals surface area contributed by atoms with Crippen LogP contribution in [0.1, 0.15) is 44.7 Å². The van der Waals surface area contributed by atoms with Crippen LogP contribution in [0.4, 0.5) is 13.2 Å². The molecule has 2 aromatic carbocycles. The Bertz CT molecular complexity index is 1180. The monoisotopic (exact) mass is 486 g/mol. The Balaban J connectivity index is 1.27. The van der Waals surface area contributed by atoms with Gasteiger partial charge in [-0.1, -0.05) is 18.2 Å². The summed E-state index contributed by atoms with van der Waals surface area (Å²) in [7, 11) is 0. The Morgan fingerprint density at radius 3 is 2.34 bits per heavy atom. The van der Waals surface area contributed by atoms with Crippen molar-refractivity contribution in [2.45, 2.75) is 26.3 Å². The van der Waals surface area contributed by atoms with E-state index in [-0.39, 0.29) is 24.1 Å². The Morgan fingerprint density at radius 2 is 1.69 bits per heavy atom. The first-order valence-electron chi connectivity index (χ1n) is 11.2. The smallest absolute Gasteiger partial charge is 0.416 e. The molecule has 1 aromatic heterocycles. The van der Waals surface area contributed by atoms with Crippen molar-refractivity contribution in [2.75, 3.05) is 26.2 Å². The molecule has 0 aliphatic carbocycles. The molecular formula is C26H25F3N2O4. The molecule has 9 heteroatoms. The fourth-order valence-corrected chi connectivity index (χ4v) is 3.88. The number of carbonyl (C=O) groups excluding carboxylic acids is 2. The molecule has 4 rings (SSSR count). The molecule has 0 atom stereocenters. The lowest BCUT2D eigenvalue weighted by molar-refractivity contribution is -0.137. The predicted octanol–water partition coefficient (Wildman–Crippen LogP) is 5.04. The molecular weight excluding hydrogens is 461 g/mol. The van der Waals surface area contributed by atoms with Gasteiger partial charge in [0.15, 0.2) is 11.5 Å². The Kier molecular flexibility index (Phi) is 7.25. The van der Waals surface area contributed by atoms with Crippen LogP contribution in [0.3, 0.4) is 0 Å². The maximum Gasteiger partial charge on any atom is 0.416 e. The van der Waals surface area contributed by atoms with Gasteiger partial charge in [0, 0.05) is 38.3 Å². The highest BCUT2D eigenvalue weighted by Gasteiger charge is 2.30. The molecule has 0 bridgehead atoms. The number of Topliss-reactive ketones (excluding diaryl/α,β-unsaturated/α-hetero) is 1. The van der Waals surface area contributed by atoms with Gasteiger partial charge in [0.1, 0.15) is 18.1 Å². The van der Waals surface area contributed by atoms with Gasteiger partial charge in [-0.25, -0.2) is 0 Å². The molecule has 1 aliphatic rings. The number of hydrogen-bond donors (Lipinski definition) is 0. The van der Waals surface area contributed by atoms with E-state index in [1.807, 2.05) is 4.90 Å². The highest BCUT2D eigenvalue weighted by Crippen LogP contribution is 2.30. The molecule has 1 fully saturated rings. The second-order valence-electron chi connectivity index (χ2n) is 8.40. The summed E-state index contributed by atoms with van der Waals surface area (Å²) in [4.78, 5) is 27.9. The number of carbonyl (C=O) groups is 2. The van der Waals surface area contributed by atoms with Crippen molar-refractivity contribution >= 4 is 11.7 Å². The Labute approximate surface area is 200 Å². The zero-order valence-electron chi connectivity index (χ0n) is 19.2. The number of ketones is 1. The normalized spacial score (nSPS) is 14.7. The number of nitrogens with zero attached hydrogens (tertiary/aromatic N) is 2. The van der Waals surface area contributed by atoms with Crippen molar-refractivity contribution < 1.29 is 31.9 Å². The number of rotatable bonds is 7. The van der Waals surface area contributed by atoms with Crippen LogP contribution >= 0.6 is 0 Å². The van der Waals surface area contributed by atoms with E-state index in [9.17, 15) is 22.8 Å². The number of benzene rings is 2. The maximum atomic E-state index is 12.9. The van der Waals surface area contributed by atoms with E-state index in [0.717, 1.165) is 6.07 Å². The lowest BCUT2D eigenvalue weighted by Gasteiger charge is -2.34. The van der Waals surface area contributed by atoms with E-state index in [0.29, 0.717) is 55.4 Å². The summed E-state index contributed by atoms with van der Waals surface area (Å²) in [6.45, 7) is 4.02. The van der Waals surface area contributed by atoms with Gasteiger partial charge in [-0.05, 0) is 55.0 Å².